The molecule has 0 bridgehead atoms. The Morgan fingerprint density at radius 2 is 0.413 bits per heavy atom. The molecule has 4 N–H and O–H groups in total. The Hall–Kier alpha value is -4.57. The summed E-state index contributed by atoms with van der Waals surface area (Å²) < 4.78 is 61.6. The van der Waals surface area contributed by atoms with Gasteiger partial charge in [0.25, 0.3) is 0 Å². The molecule has 121 heavy (non-hydrogen) atoms. The third kappa shape index (κ3) is 95.9. The van der Waals surface area contributed by atoms with E-state index in [0.717, 1.165) is 154 Å². The molecule has 0 aromatic rings. The van der Waals surface area contributed by atoms with Crippen LogP contribution >= 0.6 is 15.6 Å². The van der Waals surface area contributed by atoms with Crippen LogP contribution in [-0.2, 0) is 55.8 Å². The first-order chi connectivity index (χ1) is 59.2. The smallest absolute Gasteiger partial charge is 0.463 e. The van der Waals surface area contributed by atoms with Gasteiger partial charge in [0.05, 0.1) is 26.4 Å². The summed E-state index contributed by atoms with van der Waals surface area (Å²) in [6.07, 6.45) is 120. The molecule has 0 saturated heterocycles. The lowest BCUT2D eigenvalue weighted by atomic mass is 10.0. The number of ether oxygens (including phenoxy) is 3. The van der Waals surface area contributed by atoms with Crippen molar-refractivity contribution in [2.45, 2.75) is 450 Å². The first-order valence-electron chi connectivity index (χ1n) is 49.1. The van der Waals surface area contributed by atoms with E-state index in [9.17, 15) is 43.5 Å². The van der Waals surface area contributed by atoms with Crippen LogP contribution in [0.25, 0.3) is 0 Å². The molecule has 0 aromatic heterocycles. The van der Waals surface area contributed by atoms with Crippen LogP contribution in [0.5, 0.6) is 0 Å². The van der Waals surface area contributed by atoms with Gasteiger partial charge in [-0.2, -0.15) is 0 Å². The van der Waals surface area contributed by atoms with Crippen LogP contribution in [0.3, 0.4) is 0 Å². The second-order valence-electron chi connectivity index (χ2n) is 32.9. The number of esters is 3. The standard InChI is InChI=1S/C103H180O16P2/c1-4-7-10-13-16-19-22-25-28-31-34-37-40-42-44-45-46-47-48-49-50-51-53-55-57-59-62-65-68-71-74-77-80-83-86-89-101(106)113-92-98(104)93-115-120(109,110)116-94-99(105)95-117-121(111,112)118-97-100(119-103(108)91-88-85-82-79-76-73-70-67-64-61-56-39-36-33-30-27-24-21-18-15-12-9-6-3)96-114-102(107)90-87-84-81-78-75-72-69-66-63-60-58-54-52-43-41-38-35-32-29-26-23-20-17-14-11-8-5-2/h16-21,25-30,34-39,42-44,52,61,64,98-100,104-105H,4-15,22-24,31-33,40-41,45-51,53-60,62-63,65-97H2,1-3H3,(H,109,110)(H,111,112)/b19-16-,20-17-,21-18-,28-25-,29-26-,30-27-,37-34-,38-35-,39-36-,44-42-,52-43-,64-61-. The Labute approximate surface area is 740 Å². The lowest BCUT2D eigenvalue weighted by molar-refractivity contribution is -0.161. The van der Waals surface area contributed by atoms with Crippen LogP contribution in [-0.4, -0.2) is 95.9 Å². The van der Waals surface area contributed by atoms with Gasteiger partial charge in [-0.25, -0.2) is 9.13 Å². The first-order valence-corrected chi connectivity index (χ1v) is 52.1. The monoisotopic (exact) mass is 1740 g/mol. The highest BCUT2D eigenvalue weighted by atomic mass is 31.2. The highest BCUT2D eigenvalue weighted by Gasteiger charge is 2.30. The summed E-state index contributed by atoms with van der Waals surface area (Å²) in [7, 11) is -9.82. The molecule has 0 fully saturated rings. The number of phosphoric ester groups is 2. The van der Waals surface area contributed by atoms with Crippen molar-refractivity contribution in [3.05, 3.63) is 146 Å². The van der Waals surface area contributed by atoms with Gasteiger partial charge in [-0.1, -0.05) is 404 Å². The highest BCUT2D eigenvalue weighted by molar-refractivity contribution is 7.47. The maximum atomic E-state index is 13.1. The van der Waals surface area contributed by atoms with Crippen molar-refractivity contribution in [2.24, 2.45) is 0 Å². The molecule has 5 unspecified atom stereocenters. The first kappa shape index (κ1) is 116. The van der Waals surface area contributed by atoms with Crippen molar-refractivity contribution in [3.63, 3.8) is 0 Å². The third-order valence-corrected chi connectivity index (χ3v) is 22.9. The minimum absolute atomic E-state index is 0.0893. The number of carbonyl (C=O) groups is 3. The zero-order valence-corrected chi connectivity index (χ0v) is 79.0. The number of unbranched alkanes of at least 4 members (excludes halogenated alkanes) is 46. The number of allylic oxidation sites excluding steroid dienone is 24. The van der Waals surface area contributed by atoms with Crippen molar-refractivity contribution < 1.29 is 75.8 Å². The number of hydrogen-bond acceptors (Lipinski definition) is 14. The number of carbonyl (C=O) groups excluding carboxylic acids is 3. The van der Waals surface area contributed by atoms with Gasteiger partial charge >= 0.3 is 33.6 Å². The van der Waals surface area contributed by atoms with E-state index in [0.29, 0.717) is 19.3 Å². The number of phosphoric acid groups is 2. The molecule has 698 valence electrons. The quantitative estimate of drug-likeness (QED) is 0.0146. The average Bonchev–Trinajstić information content (AvgIpc) is 0.870. The van der Waals surface area contributed by atoms with Gasteiger partial charge in [0.15, 0.2) is 6.10 Å². The summed E-state index contributed by atoms with van der Waals surface area (Å²) in [4.78, 5) is 59.1. The van der Waals surface area contributed by atoms with Gasteiger partial charge < -0.3 is 34.2 Å². The van der Waals surface area contributed by atoms with Gasteiger partial charge in [-0.05, 0) is 154 Å². The summed E-state index contributed by atoms with van der Waals surface area (Å²) in [5.74, 6) is -1.58. The Balaban J connectivity index is 4.55. The fourth-order valence-corrected chi connectivity index (χ4v) is 15.1. The van der Waals surface area contributed by atoms with Crippen molar-refractivity contribution in [2.75, 3.05) is 39.6 Å². The molecule has 0 heterocycles. The minimum Gasteiger partial charge on any atom is -0.463 e. The van der Waals surface area contributed by atoms with Crippen LogP contribution in [0, 0.1) is 0 Å². The number of rotatable bonds is 93. The molecule has 0 saturated carbocycles. The SMILES string of the molecule is CCCCC/C=C\C/C=C\C/C=C\C/C=C\CCCCCCCCCCCCCCCCCCCCCC(=O)OCC(O)COP(=O)(O)OCC(O)COP(=O)(O)OCC(COC(=O)CCCCCCCCCCCCC/C=C\C/C=C\C/C=C\C/C=C\CCCCC)OC(=O)CCCCCCCCC/C=C\C/C=C\C/C=C\C/C=C\CCCCC. The molecule has 16 nitrogen and oxygen atoms in total. The second kappa shape index (κ2) is 94.6. The molecule has 0 aliphatic rings. The maximum absolute atomic E-state index is 13.1. The predicted octanol–water partition coefficient (Wildman–Crippen LogP) is 30.7. The van der Waals surface area contributed by atoms with Gasteiger partial charge in [-0.3, -0.25) is 32.5 Å². The molecular formula is C103H180O16P2. The Morgan fingerprint density at radius 3 is 0.653 bits per heavy atom. The molecule has 0 radical (unpaired) electrons. The predicted molar refractivity (Wildman–Crippen MR) is 509 cm³/mol. The molecule has 5 atom stereocenters. The normalized spacial score (nSPS) is 14.3. The van der Waals surface area contributed by atoms with Crippen LogP contribution in [0.2, 0.25) is 0 Å². The van der Waals surface area contributed by atoms with Crippen molar-refractivity contribution in [1.82, 2.24) is 0 Å². The maximum Gasteiger partial charge on any atom is 0.472 e. The zero-order valence-electron chi connectivity index (χ0n) is 77.2. The fraction of sp³-hybridized carbons (Fsp3) is 0.738. The molecule has 0 rings (SSSR count). The number of aliphatic hydroxyl groups is 2. The number of hydrogen-bond donors (Lipinski definition) is 4. The van der Waals surface area contributed by atoms with E-state index in [1.165, 1.54) is 218 Å². The van der Waals surface area contributed by atoms with E-state index >= 15 is 0 Å². The van der Waals surface area contributed by atoms with Crippen LogP contribution in [0.1, 0.15) is 432 Å². The lowest BCUT2D eigenvalue weighted by Gasteiger charge is -2.21. The van der Waals surface area contributed by atoms with E-state index in [1.807, 2.05) is 0 Å². The molecule has 18 heteroatoms. The molecule has 0 amide bonds. The Kier molecular flexibility index (Phi) is 91.0. The Morgan fingerprint density at radius 1 is 0.231 bits per heavy atom. The second-order valence-corrected chi connectivity index (χ2v) is 35.8. The van der Waals surface area contributed by atoms with Crippen LogP contribution in [0.4, 0.5) is 0 Å². The molecular weight excluding hydrogens is 1560 g/mol. The van der Waals surface area contributed by atoms with Crippen LogP contribution < -0.4 is 0 Å². The lowest BCUT2D eigenvalue weighted by Crippen LogP contribution is -2.30. The van der Waals surface area contributed by atoms with Crippen LogP contribution in [0.15, 0.2) is 146 Å². The highest BCUT2D eigenvalue weighted by Crippen LogP contribution is 2.45. The van der Waals surface area contributed by atoms with E-state index in [-0.39, 0.29) is 19.3 Å². The van der Waals surface area contributed by atoms with E-state index in [2.05, 4.69) is 167 Å². The topological polar surface area (TPSA) is 231 Å². The summed E-state index contributed by atoms with van der Waals surface area (Å²) in [6.45, 7) is 2.65. The largest absolute Gasteiger partial charge is 0.472 e. The van der Waals surface area contributed by atoms with Crippen molar-refractivity contribution in [1.29, 1.82) is 0 Å². The summed E-state index contributed by atoms with van der Waals surface area (Å²) in [5, 5.41) is 20.8. The Bertz CT molecular complexity index is 2780. The molecule has 0 spiro atoms. The molecule has 0 aliphatic heterocycles. The fourth-order valence-electron chi connectivity index (χ4n) is 13.5. The summed E-state index contributed by atoms with van der Waals surface area (Å²) in [5.41, 5.74) is 0. The van der Waals surface area contributed by atoms with E-state index in [1.54, 1.807) is 0 Å². The van der Waals surface area contributed by atoms with Gasteiger partial charge in [0, 0.05) is 19.3 Å². The molecule has 0 aliphatic carbocycles. The van der Waals surface area contributed by atoms with E-state index < -0.39 is 91.5 Å². The minimum atomic E-state index is -4.95. The summed E-state index contributed by atoms with van der Waals surface area (Å²) in [6, 6.07) is 0. The van der Waals surface area contributed by atoms with Gasteiger partial charge in [0.1, 0.15) is 25.4 Å². The average molecular weight is 1740 g/mol. The summed E-state index contributed by atoms with van der Waals surface area (Å²) >= 11 is 0. The third-order valence-electron chi connectivity index (χ3n) is 21.0. The molecule has 0 aromatic carbocycles. The van der Waals surface area contributed by atoms with Gasteiger partial charge in [-0.15, -0.1) is 0 Å². The van der Waals surface area contributed by atoms with Crippen molar-refractivity contribution in [3.8, 4) is 0 Å². The van der Waals surface area contributed by atoms with E-state index in [4.69, 9.17) is 32.3 Å². The van der Waals surface area contributed by atoms with Gasteiger partial charge in [0.2, 0.25) is 0 Å². The zero-order chi connectivity index (χ0) is 87.9. The number of aliphatic hydroxyl groups excluding tert-OH is 2. The van der Waals surface area contributed by atoms with Crippen molar-refractivity contribution >= 4 is 33.6 Å².